The number of sulfonamides is 1. The third kappa shape index (κ3) is 4.94. The number of aryl methyl sites for hydroxylation is 2. The molecule has 2 aromatic heterocycles. The lowest BCUT2D eigenvalue weighted by atomic mass is 10.2. The number of nitrogens with one attached hydrogen (secondary N) is 1. The van der Waals surface area contributed by atoms with Gasteiger partial charge in [0.1, 0.15) is 11.6 Å². The fourth-order valence-corrected chi connectivity index (χ4v) is 5.11. The summed E-state index contributed by atoms with van der Waals surface area (Å²) in [6.07, 6.45) is 2.23. The number of hydrogen-bond donors (Lipinski definition) is 2. The van der Waals surface area contributed by atoms with Gasteiger partial charge in [-0.2, -0.15) is 4.31 Å². The number of rotatable bonds is 11. The standard InChI is InChI=1S/C22H31N5O5S/c1-5-8-19-23-15(4)20-22(29)24-21(25-27(19)20)17-14-16(9-10-18(17)32-13-6-2)33(30,31)26(7-3)11-12-28/h9-10,14,28H,5-8,11-13H2,1-4H3,(H,24,25,29). The Hall–Kier alpha value is -2.76. The van der Waals surface area contributed by atoms with E-state index in [2.05, 4.69) is 15.1 Å². The van der Waals surface area contributed by atoms with Gasteiger partial charge in [-0.3, -0.25) is 4.79 Å². The molecule has 11 heteroatoms. The molecule has 33 heavy (non-hydrogen) atoms. The summed E-state index contributed by atoms with van der Waals surface area (Å²) in [7, 11) is -3.87. The number of aromatic amines is 1. The Morgan fingerprint density at radius 1 is 1.21 bits per heavy atom. The number of aromatic nitrogens is 4. The first-order valence-corrected chi connectivity index (χ1v) is 12.6. The van der Waals surface area contributed by atoms with E-state index in [1.54, 1.807) is 19.9 Å². The maximum absolute atomic E-state index is 13.2. The van der Waals surface area contributed by atoms with E-state index in [0.717, 1.165) is 12.8 Å². The van der Waals surface area contributed by atoms with Crippen LogP contribution in [0.4, 0.5) is 0 Å². The molecule has 0 aliphatic rings. The third-order valence-electron chi connectivity index (χ3n) is 5.22. The fraction of sp³-hybridized carbons (Fsp3) is 0.500. The zero-order valence-electron chi connectivity index (χ0n) is 19.5. The number of H-pyrrole nitrogens is 1. The van der Waals surface area contributed by atoms with Crippen LogP contribution < -0.4 is 10.3 Å². The third-order valence-corrected chi connectivity index (χ3v) is 7.19. The van der Waals surface area contributed by atoms with Crippen molar-refractivity contribution in [1.82, 2.24) is 23.9 Å². The van der Waals surface area contributed by atoms with Crippen LogP contribution in [-0.4, -0.2) is 63.7 Å². The maximum Gasteiger partial charge on any atom is 0.277 e. The second-order valence-corrected chi connectivity index (χ2v) is 9.59. The molecule has 10 nitrogen and oxygen atoms in total. The first kappa shape index (κ1) is 24.9. The lowest BCUT2D eigenvalue weighted by Crippen LogP contribution is -2.33. The lowest BCUT2D eigenvalue weighted by Gasteiger charge is -2.20. The quantitative estimate of drug-likeness (QED) is 0.433. The Kier molecular flexibility index (Phi) is 7.88. The van der Waals surface area contributed by atoms with E-state index in [9.17, 15) is 18.3 Å². The number of aliphatic hydroxyl groups excluding tert-OH is 1. The summed E-state index contributed by atoms with van der Waals surface area (Å²) in [6, 6.07) is 4.49. The Labute approximate surface area is 193 Å². The van der Waals surface area contributed by atoms with Gasteiger partial charge in [0.15, 0.2) is 11.3 Å². The van der Waals surface area contributed by atoms with Gasteiger partial charge < -0.3 is 14.8 Å². The highest BCUT2D eigenvalue weighted by molar-refractivity contribution is 7.89. The number of fused-ring (bicyclic) bond motifs is 1. The van der Waals surface area contributed by atoms with Crippen LogP contribution in [0.25, 0.3) is 16.9 Å². The average Bonchev–Trinajstić information content (AvgIpc) is 3.11. The molecule has 0 aliphatic heterocycles. The van der Waals surface area contributed by atoms with Crippen molar-refractivity contribution in [3.05, 3.63) is 40.1 Å². The fourth-order valence-electron chi connectivity index (χ4n) is 3.64. The summed E-state index contributed by atoms with van der Waals surface area (Å²) in [6.45, 7) is 7.77. The van der Waals surface area contributed by atoms with E-state index in [0.29, 0.717) is 41.4 Å². The van der Waals surface area contributed by atoms with Gasteiger partial charge in [-0.1, -0.05) is 20.8 Å². The van der Waals surface area contributed by atoms with Crippen molar-refractivity contribution in [3.8, 4) is 17.1 Å². The summed E-state index contributed by atoms with van der Waals surface area (Å²) < 4.78 is 34.9. The molecule has 0 saturated carbocycles. The second-order valence-electron chi connectivity index (χ2n) is 7.65. The molecule has 180 valence electrons. The summed E-state index contributed by atoms with van der Waals surface area (Å²) >= 11 is 0. The number of ether oxygens (including phenoxy) is 1. The predicted octanol–water partition coefficient (Wildman–Crippen LogP) is 2.14. The van der Waals surface area contributed by atoms with E-state index >= 15 is 0 Å². The molecule has 0 saturated heterocycles. The predicted molar refractivity (Wildman–Crippen MR) is 125 cm³/mol. The molecule has 2 N–H and O–H groups in total. The van der Waals surface area contributed by atoms with Crippen LogP contribution in [0.2, 0.25) is 0 Å². The van der Waals surface area contributed by atoms with Gasteiger partial charge >= 0.3 is 0 Å². The number of imidazole rings is 1. The highest BCUT2D eigenvalue weighted by Crippen LogP contribution is 2.31. The zero-order chi connectivity index (χ0) is 24.2. The minimum Gasteiger partial charge on any atom is -0.493 e. The summed E-state index contributed by atoms with van der Waals surface area (Å²) in [5.41, 5.74) is 0.942. The van der Waals surface area contributed by atoms with Crippen molar-refractivity contribution >= 4 is 15.5 Å². The molecule has 0 aliphatic carbocycles. The SMILES string of the molecule is CCCOc1ccc(S(=O)(=O)N(CC)CCO)cc1-c1nn2c(CCC)nc(C)c2c(=O)[nH]1. The van der Waals surface area contributed by atoms with Crippen molar-refractivity contribution in [3.63, 3.8) is 0 Å². The van der Waals surface area contributed by atoms with E-state index < -0.39 is 10.0 Å². The summed E-state index contributed by atoms with van der Waals surface area (Å²) in [5, 5.41) is 13.9. The van der Waals surface area contributed by atoms with Crippen molar-refractivity contribution in [2.45, 2.75) is 51.9 Å². The molecule has 0 unspecified atom stereocenters. The molecule has 0 bridgehead atoms. The normalized spacial score (nSPS) is 12.1. The molecular formula is C22H31N5O5S. The van der Waals surface area contributed by atoms with E-state index in [-0.39, 0.29) is 36.0 Å². The van der Waals surface area contributed by atoms with Gasteiger partial charge in [0, 0.05) is 19.5 Å². The minimum atomic E-state index is -3.87. The number of nitrogens with zero attached hydrogens (tertiary/aromatic N) is 4. The zero-order valence-corrected chi connectivity index (χ0v) is 20.3. The number of aliphatic hydroxyl groups is 1. The van der Waals surface area contributed by atoms with E-state index in [1.807, 2.05) is 13.8 Å². The molecule has 0 radical (unpaired) electrons. The van der Waals surface area contributed by atoms with Crippen LogP contribution in [0.5, 0.6) is 5.75 Å². The van der Waals surface area contributed by atoms with Gasteiger partial charge in [0.2, 0.25) is 10.0 Å². The largest absolute Gasteiger partial charge is 0.493 e. The Bertz CT molecular complexity index is 1280. The highest BCUT2D eigenvalue weighted by atomic mass is 32.2. The molecule has 1 aromatic carbocycles. The number of likely N-dealkylation sites (N-methyl/N-ethyl adjacent to an activating group) is 1. The van der Waals surface area contributed by atoms with Crippen LogP contribution in [0.15, 0.2) is 27.9 Å². The van der Waals surface area contributed by atoms with Crippen molar-refractivity contribution in [1.29, 1.82) is 0 Å². The van der Waals surface area contributed by atoms with Gasteiger partial charge in [-0.25, -0.2) is 17.9 Å². The van der Waals surface area contributed by atoms with E-state index in [4.69, 9.17) is 4.74 Å². The Balaban J connectivity index is 2.23. The average molecular weight is 478 g/mol. The van der Waals surface area contributed by atoms with Crippen LogP contribution in [0.1, 0.15) is 45.1 Å². The molecule has 0 fully saturated rings. The molecular weight excluding hydrogens is 446 g/mol. The topological polar surface area (TPSA) is 130 Å². The minimum absolute atomic E-state index is 0.0159. The summed E-state index contributed by atoms with van der Waals surface area (Å²) in [5.74, 6) is 1.27. The monoisotopic (exact) mass is 477 g/mol. The molecule has 0 spiro atoms. The smallest absolute Gasteiger partial charge is 0.277 e. The van der Waals surface area contributed by atoms with Gasteiger partial charge in [-0.15, -0.1) is 5.10 Å². The van der Waals surface area contributed by atoms with E-state index in [1.165, 1.54) is 21.0 Å². The van der Waals surface area contributed by atoms with Gasteiger partial charge in [0.25, 0.3) is 5.56 Å². The molecule has 0 atom stereocenters. The summed E-state index contributed by atoms with van der Waals surface area (Å²) in [4.78, 5) is 20.2. The van der Waals surface area contributed by atoms with Crippen LogP contribution >= 0.6 is 0 Å². The first-order chi connectivity index (χ1) is 15.8. The maximum atomic E-state index is 13.2. The molecule has 3 rings (SSSR count). The molecule has 2 heterocycles. The van der Waals surface area contributed by atoms with Gasteiger partial charge in [-0.05, 0) is 38.0 Å². The first-order valence-electron chi connectivity index (χ1n) is 11.1. The van der Waals surface area contributed by atoms with Crippen molar-refractivity contribution in [2.24, 2.45) is 0 Å². The van der Waals surface area contributed by atoms with Crippen LogP contribution in [0, 0.1) is 6.92 Å². The van der Waals surface area contributed by atoms with Crippen LogP contribution in [-0.2, 0) is 16.4 Å². The van der Waals surface area contributed by atoms with Crippen LogP contribution in [0.3, 0.4) is 0 Å². The Morgan fingerprint density at radius 3 is 2.61 bits per heavy atom. The Morgan fingerprint density at radius 2 is 1.97 bits per heavy atom. The number of hydrogen-bond acceptors (Lipinski definition) is 7. The second kappa shape index (κ2) is 10.4. The number of benzene rings is 1. The van der Waals surface area contributed by atoms with Crippen molar-refractivity contribution in [2.75, 3.05) is 26.3 Å². The molecule has 0 amide bonds. The van der Waals surface area contributed by atoms with Gasteiger partial charge in [0.05, 0.1) is 29.4 Å². The highest BCUT2D eigenvalue weighted by Gasteiger charge is 2.25. The lowest BCUT2D eigenvalue weighted by molar-refractivity contribution is 0.257. The molecule has 3 aromatic rings. The van der Waals surface area contributed by atoms with Crippen molar-refractivity contribution < 1.29 is 18.3 Å².